The minimum absolute atomic E-state index is 0. The molecule has 5 aromatic carbocycles. The van der Waals surface area contributed by atoms with Crippen molar-refractivity contribution in [1.29, 1.82) is 0 Å². The molecule has 0 saturated heterocycles. The van der Waals surface area contributed by atoms with E-state index in [9.17, 15) is 0 Å². The van der Waals surface area contributed by atoms with Crippen LogP contribution in [0.15, 0.2) is 114 Å². The van der Waals surface area contributed by atoms with Gasteiger partial charge in [-0.3, -0.25) is 0 Å². The Balaban J connectivity index is 0.000000171. The number of rotatable bonds is 4. The maximum atomic E-state index is 3.54. The van der Waals surface area contributed by atoms with Crippen LogP contribution in [0.2, 0.25) is 0 Å². The van der Waals surface area contributed by atoms with Crippen LogP contribution >= 0.6 is 0 Å². The SMILES string of the molecule is CCC1=[C-]c2c(ccc3ccccc23)C1.CCC1=[C-]c2c(ccc3ccccc23)C1.[Cl-].[Cl-].[Zr+2]=[Si]Cc1ccccc1. The molecule has 2 aliphatic carbocycles. The number of hydrogen-bond acceptors (Lipinski definition) is 0. The van der Waals surface area contributed by atoms with Crippen molar-refractivity contribution in [3.05, 3.63) is 154 Å². The van der Waals surface area contributed by atoms with Crippen molar-refractivity contribution in [1.82, 2.24) is 0 Å². The van der Waals surface area contributed by atoms with Crippen LogP contribution in [0.25, 0.3) is 21.5 Å². The van der Waals surface area contributed by atoms with Crippen LogP contribution in [-0.4, -0.2) is 6.16 Å². The maximum absolute atomic E-state index is 3.54. The van der Waals surface area contributed by atoms with Gasteiger partial charge in [-0.1, -0.05) is 86.0 Å². The molecule has 0 nitrogen and oxygen atoms in total. The molecule has 1 radical (unpaired) electrons. The molecule has 5 aromatic rings. The van der Waals surface area contributed by atoms with E-state index in [0.29, 0.717) is 0 Å². The summed E-state index contributed by atoms with van der Waals surface area (Å²) in [6.07, 6.45) is 12.6. The topological polar surface area (TPSA) is 0 Å². The third kappa shape index (κ3) is 8.20. The Bertz CT molecular complexity index is 1570. The second kappa shape index (κ2) is 16.4. The van der Waals surface area contributed by atoms with Gasteiger partial charge in [-0.15, -0.1) is 57.3 Å². The second-order valence-corrected chi connectivity index (χ2v) is 13.3. The normalized spacial score (nSPS) is 12.3. The standard InChI is InChI=1S/2C15H13.C7H7Si.2ClH.Zr/c2*1-2-11-9-13-8-7-12-5-3-4-6-14(12)15(13)10-11;8-6-7-4-2-1-3-5-7;;;/h2*3-8H,2,9H2,1H3;1-5H,6H2;2*1H;/q2*-1;;;;+2/p-2. The van der Waals surface area contributed by atoms with Crippen LogP contribution in [0.5, 0.6) is 0 Å². The van der Waals surface area contributed by atoms with Gasteiger partial charge < -0.3 is 24.8 Å². The quantitative estimate of drug-likeness (QED) is 0.204. The average Bonchev–Trinajstić information content (AvgIpc) is 3.63. The predicted molar refractivity (Wildman–Crippen MR) is 164 cm³/mol. The molecule has 0 aliphatic heterocycles. The summed E-state index contributed by atoms with van der Waals surface area (Å²) in [7, 11) is 0. The monoisotopic (exact) mass is 665 g/mol. The van der Waals surface area contributed by atoms with Gasteiger partial charge in [0.1, 0.15) is 0 Å². The molecular weight excluding hydrogens is 635 g/mol. The van der Waals surface area contributed by atoms with E-state index >= 15 is 0 Å². The number of allylic oxidation sites excluding steroid dienone is 2. The molecule has 0 fully saturated rings. The van der Waals surface area contributed by atoms with Gasteiger partial charge in [0.05, 0.1) is 0 Å². The third-order valence-corrected chi connectivity index (χ3v) is 9.32. The first kappa shape index (κ1) is 33.3. The van der Waals surface area contributed by atoms with Gasteiger partial charge in [0.15, 0.2) is 0 Å². The zero-order valence-electron chi connectivity index (χ0n) is 23.6. The third-order valence-electron chi connectivity index (χ3n) is 7.43. The van der Waals surface area contributed by atoms with Gasteiger partial charge in [0.25, 0.3) is 0 Å². The molecule has 41 heavy (non-hydrogen) atoms. The van der Waals surface area contributed by atoms with Crippen molar-refractivity contribution < 1.29 is 48.1 Å². The molecule has 0 heterocycles. The predicted octanol–water partition coefficient (Wildman–Crippen LogP) is 3.13. The summed E-state index contributed by atoms with van der Waals surface area (Å²) >= 11 is 1.66. The zero-order chi connectivity index (χ0) is 27.0. The van der Waals surface area contributed by atoms with E-state index in [2.05, 4.69) is 129 Å². The zero-order valence-corrected chi connectivity index (χ0v) is 28.6. The van der Waals surface area contributed by atoms with Gasteiger partial charge in [-0.05, 0) is 12.8 Å². The fourth-order valence-electron chi connectivity index (χ4n) is 5.25. The van der Waals surface area contributed by atoms with E-state index in [0.717, 1.165) is 31.8 Å². The van der Waals surface area contributed by atoms with Crippen molar-refractivity contribution in [2.24, 2.45) is 0 Å². The fourth-order valence-corrected chi connectivity index (χ4v) is 7.19. The minimum atomic E-state index is 0. The molecular formula is C37H33Cl2SiZr-2. The Labute approximate surface area is 273 Å². The summed E-state index contributed by atoms with van der Waals surface area (Å²) in [5.74, 6) is 0. The van der Waals surface area contributed by atoms with Gasteiger partial charge in [-0.2, -0.15) is 23.3 Å². The average molecular weight is 668 g/mol. The fraction of sp³-hybridized carbons (Fsp3) is 0.189. The molecule has 0 N–H and O–H groups in total. The van der Waals surface area contributed by atoms with Gasteiger partial charge in [0, 0.05) is 0 Å². The van der Waals surface area contributed by atoms with Crippen LogP contribution in [0, 0.1) is 12.2 Å². The second-order valence-electron chi connectivity index (χ2n) is 10.00. The van der Waals surface area contributed by atoms with Crippen LogP contribution < -0.4 is 24.8 Å². The molecule has 7 rings (SSSR count). The van der Waals surface area contributed by atoms with E-state index in [-0.39, 0.29) is 24.8 Å². The van der Waals surface area contributed by atoms with Gasteiger partial charge in [0.2, 0.25) is 0 Å². The first-order chi connectivity index (χ1) is 19.2. The Morgan fingerprint density at radius 2 is 1.02 bits per heavy atom. The summed E-state index contributed by atoms with van der Waals surface area (Å²) in [6.45, 7) is 4.41. The molecule has 0 amide bonds. The van der Waals surface area contributed by atoms with Gasteiger partial charge in [-0.25, -0.2) is 0 Å². The molecule has 4 heteroatoms. The first-order valence-corrected chi connectivity index (χ1v) is 18.8. The Hall–Kier alpha value is -2.22. The van der Waals surface area contributed by atoms with Crippen molar-refractivity contribution in [3.63, 3.8) is 0 Å². The van der Waals surface area contributed by atoms with Crippen molar-refractivity contribution in [3.8, 4) is 0 Å². The van der Waals surface area contributed by atoms with E-state index in [4.69, 9.17) is 0 Å². The van der Waals surface area contributed by atoms with Crippen molar-refractivity contribution in [2.45, 2.75) is 45.6 Å². The molecule has 0 bridgehead atoms. The molecule has 0 aromatic heterocycles. The molecule has 0 spiro atoms. The molecule has 205 valence electrons. The number of fused-ring (bicyclic) bond motifs is 6. The van der Waals surface area contributed by atoms with Gasteiger partial charge >= 0.3 is 71.4 Å². The summed E-state index contributed by atoms with van der Waals surface area (Å²) in [6, 6.07) is 38.0. The Morgan fingerprint density at radius 1 is 0.585 bits per heavy atom. The summed E-state index contributed by atoms with van der Waals surface area (Å²) < 4.78 is 0. The van der Waals surface area contributed by atoms with Crippen molar-refractivity contribution >= 4 is 27.7 Å². The van der Waals surface area contributed by atoms with E-state index in [1.807, 2.05) is 0 Å². The van der Waals surface area contributed by atoms with Crippen LogP contribution in [-0.2, 0) is 42.2 Å². The molecule has 0 unspecified atom stereocenters. The Morgan fingerprint density at radius 3 is 1.46 bits per heavy atom. The van der Waals surface area contributed by atoms with E-state index in [1.54, 1.807) is 23.3 Å². The van der Waals surface area contributed by atoms with E-state index < -0.39 is 0 Å². The Kier molecular flexibility index (Phi) is 13.3. The molecule has 0 atom stereocenters. The van der Waals surface area contributed by atoms with Crippen molar-refractivity contribution in [2.75, 3.05) is 0 Å². The van der Waals surface area contributed by atoms with Crippen LogP contribution in [0.4, 0.5) is 0 Å². The number of hydrogen-bond donors (Lipinski definition) is 0. The van der Waals surface area contributed by atoms with Crippen LogP contribution in [0.1, 0.15) is 54.5 Å². The summed E-state index contributed by atoms with van der Waals surface area (Å²) in [5.41, 5.74) is 9.86. The molecule has 2 aliphatic rings. The number of halogens is 2. The van der Waals surface area contributed by atoms with Crippen LogP contribution in [0.3, 0.4) is 0 Å². The summed E-state index contributed by atoms with van der Waals surface area (Å²) in [5, 5.41) is 5.33. The first-order valence-electron chi connectivity index (χ1n) is 13.9. The summed E-state index contributed by atoms with van der Waals surface area (Å²) in [4.78, 5) is 0. The number of benzene rings is 5. The molecule has 0 saturated carbocycles. The van der Waals surface area contributed by atoms with E-state index in [1.165, 1.54) is 66.6 Å².